The number of nitrogens with zero attached hydrogens (tertiary/aromatic N) is 5. The molecule has 1 aliphatic heterocycles. The van der Waals surface area contributed by atoms with Crippen LogP contribution < -0.4 is 14.4 Å². The van der Waals surface area contributed by atoms with Gasteiger partial charge in [-0.2, -0.15) is 0 Å². The van der Waals surface area contributed by atoms with Gasteiger partial charge in [-0.15, -0.1) is 0 Å². The second-order valence-corrected chi connectivity index (χ2v) is 9.24. The Morgan fingerprint density at radius 3 is 2.49 bits per heavy atom. The topological polar surface area (TPSA) is 63.6 Å². The summed E-state index contributed by atoms with van der Waals surface area (Å²) in [6, 6.07) is 10.1. The van der Waals surface area contributed by atoms with Crippen molar-refractivity contribution in [3.05, 3.63) is 48.4 Å². The molecule has 0 bridgehead atoms. The molecule has 4 rings (SSSR count). The SMILES string of the molecule is CCCCc1cc(OC)c2cc(OCCCCCCN3CCN(c4ncccn4)CC3)ccc2n1. The number of hydrogen-bond acceptors (Lipinski definition) is 7. The van der Waals surface area contributed by atoms with Crippen molar-refractivity contribution in [2.24, 2.45) is 0 Å². The summed E-state index contributed by atoms with van der Waals surface area (Å²) in [6.07, 6.45) is 11.7. The number of benzene rings is 1. The van der Waals surface area contributed by atoms with Crippen molar-refractivity contribution in [2.75, 3.05) is 51.3 Å². The van der Waals surface area contributed by atoms with Gasteiger partial charge in [0.05, 0.1) is 19.2 Å². The van der Waals surface area contributed by atoms with Gasteiger partial charge in [0.15, 0.2) is 0 Å². The van der Waals surface area contributed by atoms with Crippen LogP contribution in [0.4, 0.5) is 5.95 Å². The summed E-state index contributed by atoms with van der Waals surface area (Å²) in [6.45, 7) is 8.29. The molecule has 0 aliphatic carbocycles. The van der Waals surface area contributed by atoms with E-state index in [0.717, 1.165) is 92.5 Å². The molecule has 0 spiro atoms. The molecule has 0 N–H and O–H groups in total. The molecule has 1 aromatic carbocycles. The maximum atomic E-state index is 6.05. The lowest BCUT2D eigenvalue weighted by molar-refractivity contribution is 0.248. The molecule has 0 saturated carbocycles. The lowest BCUT2D eigenvalue weighted by Gasteiger charge is -2.34. The van der Waals surface area contributed by atoms with Gasteiger partial charge in [-0.25, -0.2) is 9.97 Å². The van der Waals surface area contributed by atoms with Crippen LogP contribution >= 0.6 is 0 Å². The van der Waals surface area contributed by atoms with Crippen molar-refractivity contribution < 1.29 is 9.47 Å². The van der Waals surface area contributed by atoms with Gasteiger partial charge in [-0.1, -0.05) is 26.2 Å². The second-order valence-electron chi connectivity index (χ2n) is 9.24. The molecule has 1 saturated heterocycles. The Balaban J connectivity index is 1.13. The van der Waals surface area contributed by atoms with Crippen molar-refractivity contribution in [3.8, 4) is 11.5 Å². The maximum absolute atomic E-state index is 6.05. The molecule has 7 nitrogen and oxygen atoms in total. The van der Waals surface area contributed by atoms with Crippen molar-refractivity contribution in [2.45, 2.75) is 51.9 Å². The third-order valence-corrected chi connectivity index (χ3v) is 6.65. The summed E-state index contributed by atoms with van der Waals surface area (Å²) in [4.78, 5) is 18.4. The van der Waals surface area contributed by atoms with Crippen LogP contribution in [-0.4, -0.2) is 66.3 Å². The molecule has 0 amide bonds. The molecule has 35 heavy (non-hydrogen) atoms. The second kappa shape index (κ2) is 13.2. The van der Waals surface area contributed by atoms with Crippen molar-refractivity contribution in [1.29, 1.82) is 0 Å². The first kappa shape index (κ1) is 25.2. The minimum atomic E-state index is 0.742. The van der Waals surface area contributed by atoms with E-state index in [9.17, 15) is 0 Å². The highest BCUT2D eigenvalue weighted by Gasteiger charge is 2.18. The summed E-state index contributed by atoms with van der Waals surface area (Å²) in [5.41, 5.74) is 2.07. The van der Waals surface area contributed by atoms with Gasteiger partial charge in [-0.3, -0.25) is 9.88 Å². The minimum absolute atomic E-state index is 0.742. The van der Waals surface area contributed by atoms with E-state index in [-0.39, 0.29) is 0 Å². The predicted octanol–water partition coefficient (Wildman–Crippen LogP) is 5.14. The van der Waals surface area contributed by atoms with Crippen LogP contribution in [0.3, 0.4) is 0 Å². The van der Waals surface area contributed by atoms with Crippen LogP contribution in [-0.2, 0) is 6.42 Å². The number of ether oxygens (including phenoxy) is 2. The first-order chi connectivity index (χ1) is 17.3. The summed E-state index contributed by atoms with van der Waals surface area (Å²) < 4.78 is 11.7. The number of aromatic nitrogens is 3. The molecular weight excluding hydrogens is 438 g/mol. The quantitative estimate of drug-likeness (QED) is 0.316. The van der Waals surface area contributed by atoms with Crippen LogP contribution in [0.2, 0.25) is 0 Å². The van der Waals surface area contributed by atoms with Crippen LogP contribution in [0.5, 0.6) is 11.5 Å². The lowest BCUT2D eigenvalue weighted by Crippen LogP contribution is -2.47. The monoisotopic (exact) mass is 477 g/mol. The predicted molar refractivity (Wildman–Crippen MR) is 142 cm³/mol. The Kier molecular flexibility index (Phi) is 9.52. The Morgan fingerprint density at radius 2 is 1.71 bits per heavy atom. The highest BCUT2D eigenvalue weighted by Crippen LogP contribution is 2.29. The Morgan fingerprint density at radius 1 is 0.914 bits per heavy atom. The van der Waals surface area contributed by atoms with Crippen molar-refractivity contribution in [1.82, 2.24) is 19.9 Å². The molecule has 3 heterocycles. The van der Waals surface area contributed by atoms with Gasteiger partial charge in [0.2, 0.25) is 5.95 Å². The van der Waals surface area contributed by atoms with Crippen LogP contribution in [0.15, 0.2) is 42.7 Å². The first-order valence-corrected chi connectivity index (χ1v) is 13.1. The van der Waals surface area contributed by atoms with E-state index >= 15 is 0 Å². The number of rotatable bonds is 13. The number of methoxy groups -OCH3 is 1. The van der Waals surface area contributed by atoms with E-state index in [0.29, 0.717) is 0 Å². The van der Waals surface area contributed by atoms with Gasteiger partial charge in [0.25, 0.3) is 0 Å². The average Bonchev–Trinajstić information content (AvgIpc) is 2.91. The number of piperazine rings is 1. The lowest BCUT2D eigenvalue weighted by atomic mass is 10.1. The number of aryl methyl sites for hydroxylation is 1. The van der Waals surface area contributed by atoms with Gasteiger partial charge in [0, 0.05) is 55.7 Å². The number of unbranched alkanes of at least 4 members (excludes halogenated alkanes) is 4. The molecule has 0 unspecified atom stereocenters. The summed E-state index contributed by atoms with van der Waals surface area (Å²) >= 11 is 0. The van der Waals surface area contributed by atoms with Crippen LogP contribution in [0.1, 0.15) is 51.1 Å². The van der Waals surface area contributed by atoms with E-state index in [1.54, 1.807) is 7.11 Å². The van der Waals surface area contributed by atoms with Gasteiger partial charge in [-0.05, 0) is 56.5 Å². The fraction of sp³-hybridized carbons (Fsp3) is 0.536. The zero-order chi connectivity index (χ0) is 24.3. The standard InChI is InChI=1S/C28H39N5O2/c1-3-4-10-23-21-27(34-2)25-22-24(11-12-26(25)31-23)35-20-8-6-5-7-15-32-16-18-33(19-17-32)28-29-13-9-14-30-28/h9,11-14,21-22H,3-8,10,15-20H2,1-2H3. The summed E-state index contributed by atoms with van der Waals surface area (Å²) in [7, 11) is 1.73. The average molecular weight is 478 g/mol. The molecule has 1 fully saturated rings. The molecule has 3 aromatic rings. The number of hydrogen-bond donors (Lipinski definition) is 0. The first-order valence-electron chi connectivity index (χ1n) is 13.1. The summed E-state index contributed by atoms with van der Waals surface area (Å²) in [5, 5.41) is 1.02. The minimum Gasteiger partial charge on any atom is -0.496 e. The van der Waals surface area contributed by atoms with E-state index in [4.69, 9.17) is 14.5 Å². The van der Waals surface area contributed by atoms with Crippen LogP contribution in [0.25, 0.3) is 10.9 Å². The Bertz CT molecular complexity index is 1040. The molecule has 188 valence electrons. The van der Waals surface area contributed by atoms with Gasteiger partial charge >= 0.3 is 0 Å². The molecule has 2 aromatic heterocycles. The largest absolute Gasteiger partial charge is 0.496 e. The third kappa shape index (κ3) is 7.28. The number of anilines is 1. The molecule has 0 atom stereocenters. The number of fused-ring (bicyclic) bond motifs is 1. The molecule has 7 heteroatoms. The fourth-order valence-electron chi connectivity index (χ4n) is 4.58. The van der Waals surface area contributed by atoms with Crippen LogP contribution in [0, 0.1) is 0 Å². The summed E-state index contributed by atoms with van der Waals surface area (Å²) in [5.74, 6) is 2.62. The highest BCUT2D eigenvalue weighted by molar-refractivity contribution is 5.86. The third-order valence-electron chi connectivity index (χ3n) is 6.65. The highest BCUT2D eigenvalue weighted by atomic mass is 16.5. The Labute approximate surface area is 209 Å². The number of pyridine rings is 1. The van der Waals surface area contributed by atoms with E-state index < -0.39 is 0 Å². The smallest absolute Gasteiger partial charge is 0.225 e. The molecule has 1 aliphatic rings. The van der Waals surface area contributed by atoms with Crippen molar-refractivity contribution >= 4 is 16.9 Å². The maximum Gasteiger partial charge on any atom is 0.225 e. The van der Waals surface area contributed by atoms with Crippen molar-refractivity contribution in [3.63, 3.8) is 0 Å². The van der Waals surface area contributed by atoms with E-state index in [1.165, 1.54) is 25.8 Å². The molecular formula is C28H39N5O2. The zero-order valence-corrected chi connectivity index (χ0v) is 21.3. The fourth-order valence-corrected chi connectivity index (χ4v) is 4.58. The molecule has 0 radical (unpaired) electrons. The van der Waals surface area contributed by atoms with E-state index in [1.807, 2.05) is 30.6 Å². The Hall–Kier alpha value is -2.93. The normalized spacial score (nSPS) is 14.4. The van der Waals surface area contributed by atoms with E-state index in [2.05, 4.69) is 38.8 Å². The van der Waals surface area contributed by atoms with Gasteiger partial charge < -0.3 is 14.4 Å². The zero-order valence-electron chi connectivity index (χ0n) is 21.3. The van der Waals surface area contributed by atoms with Gasteiger partial charge in [0.1, 0.15) is 11.5 Å².